The lowest BCUT2D eigenvalue weighted by molar-refractivity contribution is -0.117. The molecule has 0 atom stereocenters. The predicted molar refractivity (Wildman–Crippen MR) is 113 cm³/mol. The molecule has 3 aromatic rings. The second-order valence-electron chi connectivity index (χ2n) is 7.13. The molecule has 1 aromatic heterocycles. The zero-order chi connectivity index (χ0) is 21.1. The van der Waals surface area contributed by atoms with E-state index in [4.69, 9.17) is 4.74 Å². The molecule has 1 aliphatic rings. The molecule has 2 heterocycles. The summed E-state index contributed by atoms with van der Waals surface area (Å²) in [7, 11) is 0. The van der Waals surface area contributed by atoms with E-state index in [9.17, 15) is 14.4 Å². The molecule has 0 bridgehead atoms. The molecule has 1 N–H and O–H groups in total. The van der Waals surface area contributed by atoms with E-state index in [2.05, 4.69) is 10.4 Å². The maximum absolute atomic E-state index is 12.6. The van der Waals surface area contributed by atoms with Crippen molar-refractivity contribution in [2.45, 2.75) is 13.5 Å². The van der Waals surface area contributed by atoms with Crippen LogP contribution >= 0.6 is 0 Å². The van der Waals surface area contributed by atoms with Crippen molar-refractivity contribution in [2.24, 2.45) is 0 Å². The molecule has 30 heavy (non-hydrogen) atoms. The van der Waals surface area contributed by atoms with Crippen molar-refractivity contribution in [3.63, 3.8) is 0 Å². The number of aromatic nitrogens is 2. The molecule has 8 heteroatoms. The van der Waals surface area contributed by atoms with Crippen molar-refractivity contribution in [3.8, 4) is 0 Å². The molecule has 1 aliphatic heterocycles. The number of aryl methyl sites for hydroxylation is 1. The number of carbonyl (C=O) groups is 2. The summed E-state index contributed by atoms with van der Waals surface area (Å²) in [5.41, 5.74) is 1.34. The molecule has 8 nitrogen and oxygen atoms in total. The summed E-state index contributed by atoms with van der Waals surface area (Å²) >= 11 is 0. The van der Waals surface area contributed by atoms with Crippen LogP contribution in [-0.4, -0.2) is 52.8 Å². The highest BCUT2D eigenvalue weighted by Gasteiger charge is 2.19. The summed E-state index contributed by atoms with van der Waals surface area (Å²) in [4.78, 5) is 39.6. The van der Waals surface area contributed by atoms with Crippen LogP contribution in [0.4, 0.5) is 5.69 Å². The Bertz CT molecular complexity index is 1170. The van der Waals surface area contributed by atoms with Crippen molar-refractivity contribution < 1.29 is 14.3 Å². The maximum atomic E-state index is 12.6. The van der Waals surface area contributed by atoms with E-state index in [1.807, 2.05) is 12.1 Å². The average Bonchev–Trinajstić information content (AvgIpc) is 2.77. The van der Waals surface area contributed by atoms with Crippen LogP contribution in [0.3, 0.4) is 0 Å². The van der Waals surface area contributed by atoms with E-state index in [-0.39, 0.29) is 18.0 Å². The minimum Gasteiger partial charge on any atom is -0.378 e. The third-order valence-electron chi connectivity index (χ3n) is 5.04. The minimum atomic E-state index is -0.393. The Morgan fingerprint density at radius 2 is 1.80 bits per heavy atom. The Morgan fingerprint density at radius 3 is 2.57 bits per heavy atom. The highest BCUT2D eigenvalue weighted by Crippen LogP contribution is 2.15. The molecule has 1 fully saturated rings. The minimum absolute atomic E-state index is 0.0996. The number of morpholine rings is 1. The normalized spacial score (nSPS) is 14.0. The average molecular weight is 406 g/mol. The van der Waals surface area contributed by atoms with Gasteiger partial charge in [0.1, 0.15) is 6.54 Å². The van der Waals surface area contributed by atoms with Gasteiger partial charge >= 0.3 is 0 Å². The monoisotopic (exact) mass is 406 g/mol. The molecule has 2 amide bonds. The number of benzene rings is 2. The lowest BCUT2D eigenvalue weighted by Gasteiger charge is -2.27. The summed E-state index contributed by atoms with van der Waals surface area (Å²) < 4.78 is 6.44. The van der Waals surface area contributed by atoms with Gasteiger partial charge in [-0.1, -0.05) is 24.3 Å². The molecule has 2 aromatic carbocycles. The van der Waals surface area contributed by atoms with E-state index in [0.29, 0.717) is 48.6 Å². The molecule has 0 spiro atoms. The molecule has 0 aliphatic carbocycles. The summed E-state index contributed by atoms with van der Waals surface area (Å²) in [6.45, 7) is 3.73. The van der Waals surface area contributed by atoms with Gasteiger partial charge in [-0.15, -0.1) is 0 Å². The smallest absolute Gasteiger partial charge is 0.275 e. The molecular weight excluding hydrogens is 384 g/mol. The quantitative estimate of drug-likeness (QED) is 0.713. The fraction of sp³-hybridized carbons (Fsp3) is 0.273. The van der Waals surface area contributed by atoms with Gasteiger partial charge in [0.15, 0.2) is 0 Å². The summed E-state index contributed by atoms with van der Waals surface area (Å²) in [5, 5.41) is 8.31. The van der Waals surface area contributed by atoms with Crippen LogP contribution < -0.4 is 10.9 Å². The maximum Gasteiger partial charge on any atom is 0.275 e. The standard InChI is InChI=1S/C22H22N4O4/c1-15-18-7-2-3-8-19(18)22(29)26(24-15)14-20(27)23-17-6-4-5-16(13-17)21(28)25-9-11-30-12-10-25/h2-8,13H,9-12,14H2,1H3,(H,23,27). The van der Waals surface area contributed by atoms with Crippen molar-refractivity contribution in [1.29, 1.82) is 0 Å². The molecule has 0 radical (unpaired) electrons. The van der Waals surface area contributed by atoms with Crippen molar-refractivity contribution in [1.82, 2.24) is 14.7 Å². The van der Waals surface area contributed by atoms with Gasteiger partial charge in [-0.2, -0.15) is 5.10 Å². The third kappa shape index (κ3) is 4.08. The van der Waals surface area contributed by atoms with Crippen LogP contribution in [0.5, 0.6) is 0 Å². The van der Waals surface area contributed by atoms with Gasteiger partial charge in [-0.05, 0) is 31.2 Å². The van der Waals surface area contributed by atoms with Crippen LogP contribution in [0.15, 0.2) is 53.3 Å². The first-order valence-corrected chi connectivity index (χ1v) is 9.76. The van der Waals surface area contributed by atoms with E-state index in [0.717, 1.165) is 10.1 Å². The topological polar surface area (TPSA) is 93.5 Å². The van der Waals surface area contributed by atoms with Gasteiger partial charge < -0.3 is 15.0 Å². The first kappa shape index (κ1) is 19.8. The number of anilines is 1. The number of hydrogen-bond acceptors (Lipinski definition) is 5. The number of amides is 2. The second kappa shape index (κ2) is 8.46. The van der Waals surface area contributed by atoms with E-state index in [1.54, 1.807) is 48.2 Å². The van der Waals surface area contributed by atoms with Gasteiger partial charge in [0.05, 0.1) is 24.3 Å². The lowest BCUT2D eigenvalue weighted by atomic mass is 10.1. The SMILES string of the molecule is Cc1nn(CC(=O)Nc2cccc(C(=O)N3CCOCC3)c2)c(=O)c2ccccc12. The Kier molecular flexibility index (Phi) is 5.58. The molecule has 154 valence electrons. The number of hydrogen-bond donors (Lipinski definition) is 1. The van der Waals surface area contributed by atoms with Crippen LogP contribution in [0.25, 0.3) is 10.8 Å². The number of fused-ring (bicyclic) bond motifs is 1. The summed E-state index contributed by atoms with van der Waals surface area (Å²) in [6.07, 6.45) is 0. The van der Waals surface area contributed by atoms with Crippen LogP contribution in [0.2, 0.25) is 0 Å². The fourth-order valence-corrected chi connectivity index (χ4v) is 3.53. The Labute approximate surface area is 173 Å². The number of nitrogens with zero attached hydrogens (tertiary/aromatic N) is 3. The first-order valence-electron chi connectivity index (χ1n) is 9.76. The van der Waals surface area contributed by atoms with Gasteiger partial charge in [0.2, 0.25) is 5.91 Å². The third-order valence-corrected chi connectivity index (χ3v) is 5.04. The number of nitrogens with one attached hydrogen (secondary N) is 1. The van der Waals surface area contributed by atoms with E-state index < -0.39 is 5.91 Å². The van der Waals surface area contributed by atoms with Crippen LogP contribution in [-0.2, 0) is 16.1 Å². The fourth-order valence-electron chi connectivity index (χ4n) is 3.53. The largest absolute Gasteiger partial charge is 0.378 e. The zero-order valence-corrected chi connectivity index (χ0v) is 16.6. The van der Waals surface area contributed by atoms with Crippen molar-refractivity contribution >= 4 is 28.3 Å². The molecular formula is C22H22N4O4. The summed E-state index contributed by atoms with van der Waals surface area (Å²) in [5.74, 6) is -0.493. The highest BCUT2D eigenvalue weighted by molar-refractivity contribution is 5.97. The summed E-state index contributed by atoms with van der Waals surface area (Å²) in [6, 6.07) is 14.0. The van der Waals surface area contributed by atoms with Gasteiger partial charge in [0, 0.05) is 29.7 Å². The first-order chi connectivity index (χ1) is 14.5. The van der Waals surface area contributed by atoms with Crippen molar-refractivity contribution in [2.75, 3.05) is 31.6 Å². The van der Waals surface area contributed by atoms with Crippen LogP contribution in [0.1, 0.15) is 16.1 Å². The predicted octanol–water partition coefficient (Wildman–Crippen LogP) is 1.82. The van der Waals surface area contributed by atoms with Crippen LogP contribution in [0, 0.1) is 6.92 Å². The van der Waals surface area contributed by atoms with E-state index >= 15 is 0 Å². The van der Waals surface area contributed by atoms with E-state index in [1.165, 1.54) is 0 Å². The molecule has 1 saturated heterocycles. The Balaban J connectivity index is 1.50. The molecule has 4 rings (SSSR count). The Hall–Kier alpha value is -3.52. The van der Waals surface area contributed by atoms with Crippen molar-refractivity contribution in [3.05, 3.63) is 70.1 Å². The number of rotatable bonds is 4. The molecule has 0 saturated carbocycles. The van der Waals surface area contributed by atoms with Gasteiger partial charge in [-0.25, -0.2) is 4.68 Å². The van der Waals surface area contributed by atoms with Gasteiger partial charge in [0.25, 0.3) is 11.5 Å². The lowest BCUT2D eigenvalue weighted by Crippen LogP contribution is -2.40. The second-order valence-corrected chi connectivity index (χ2v) is 7.13. The number of carbonyl (C=O) groups excluding carboxylic acids is 2. The van der Waals surface area contributed by atoms with Gasteiger partial charge in [-0.3, -0.25) is 14.4 Å². The Morgan fingerprint density at radius 1 is 1.07 bits per heavy atom. The highest BCUT2D eigenvalue weighted by atomic mass is 16.5. The number of ether oxygens (including phenoxy) is 1. The zero-order valence-electron chi connectivity index (χ0n) is 16.6. The molecule has 0 unspecified atom stereocenters.